The van der Waals surface area contributed by atoms with E-state index in [4.69, 9.17) is 10.5 Å². The predicted octanol–water partition coefficient (Wildman–Crippen LogP) is 1.95. The fraction of sp³-hybridized carbons (Fsp3) is 0.364. The van der Waals surface area contributed by atoms with Crippen molar-refractivity contribution in [2.75, 3.05) is 13.7 Å². The average molecular weight is 229 g/mol. The number of ether oxygens (including phenoxy) is 1. The molecular formula is C11H13F2NO2. The Bertz CT molecular complexity index is 399. The molecule has 0 fully saturated rings. The number of hydrogen-bond donors (Lipinski definition) is 1. The van der Waals surface area contributed by atoms with E-state index in [0.29, 0.717) is 0 Å². The van der Waals surface area contributed by atoms with Gasteiger partial charge in [0.15, 0.2) is 5.78 Å². The molecule has 1 aromatic carbocycles. The van der Waals surface area contributed by atoms with Gasteiger partial charge in [-0.05, 0) is 18.2 Å². The van der Waals surface area contributed by atoms with E-state index in [1.807, 2.05) is 0 Å². The van der Waals surface area contributed by atoms with Crippen LogP contribution >= 0.6 is 0 Å². The molecule has 0 aliphatic rings. The van der Waals surface area contributed by atoms with Crippen molar-refractivity contribution in [3.05, 3.63) is 29.3 Å². The Kier molecular flexibility index (Phi) is 3.59. The number of ketones is 1. The fourth-order valence-electron chi connectivity index (χ4n) is 1.31. The van der Waals surface area contributed by atoms with Crippen LogP contribution in [0.3, 0.4) is 0 Å². The minimum Gasteiger partial charge on any atom is -0.496 e. The van der Waals surface area contributed by atoms with Crippen LogP contribution in [0, 0.1) is 0 Å². The Hall–Kier alpha value is -1.49. The summed E-state index contributed by atoms with van der Waals surface area (Å²) in [6, 6.07) is 3.69. The molecule has 0 bridgehead atoms. The highest BCUT2D eigenvalue weighted by Gasteiger charge is 2.26. The van der Waals surface area contributed by atoms with Gasteiger partial charge < -0.3 is 10.5 Å². The first kappa shape index (κ1) is 12.6. The lowest BCUT2D eigenvalue weighted by Crippen LogP contribution is -2.16. The van der Waals surface area contributed by atoms with Gasteiger partial charge in [-0.1, -0.05) is 0 Å². The maximum atomic E-state index is 13.1. The highest BCUT2D eigenvalue weighted by atomic mass is 19.3. The van der Waals surface area contributed by atoms with Crippen LogP contribution < -0.4 is 10.5 Å². The van der Waals surface area contributed by atoms with Crippen LogP contribution in [0.5, 0.6) is 5.75 Å². The minimum absolute atomic E-state index is 0.0871. The lowest BCUT2D eigenvalue weighted by Gasteiger charge is -2.13. The van der Waals surface area contributed by atoms with E-state index in [9.17, 15) is 13.6 Å². The average Bonchev–Trinajstić information content (AvgIpc) is 2.25. The summed E-state index contributed by atoms with van der Waals surface area (Å²) in [7, 11) is 1.37. The summed E-state index contributed by atoms with van der Waals surface area (Å²) >= 11 is 0. The van der Waals surface area contributed by atoms with Gasteiger partial charge in [-0.25, -0.2) is 8.78 Å². The zero-order chi connectivity index (χ0) is 12.3. The number of carbonyl (C=O) groups excluding carboxylic acids is 1. The summed E-state index contributed by atoms with van der Waals surface area (Å²) in [6.45, 7) is 0.528. The van der Waals surface area contributed by atoms with E-state index in [0.717, 1.165) is 13.0 Å². The van der Waals surface area contributed by atoms with Crippen molar-refractivity contribution in [1.82, 2.24) is 0 Å². The molecule has 2 N–H and O–H groups in total. The maximum Gasteiger partial charge on any atom is 0.270 e. The molecule has 0 aliphatic carbocycles. The molecule has 0 spiro atoms. The lowest BCUT2D eigenvalue weighted by atomic mass is 10.0. The van der Waals surface area contributed by atoms with E-state index < -0.39 is 11.7 Å². The Balaban J connectivity index is 3.27. The van der Waals surface area contributed by atoms with Crippen LogP contribution in [0.2, 0.25) is 0 Å². The summed E-state index contributed by atoms with van der Waals surface area (Å²) in [5.41, 5.74) is 5.05. The van der Waals surface area contributed by atoms with E-state index in [1.165, 1.54) is 19.2 Å². The van der Waals surface area contributed by atoms with E-state index >= 15 is 0 Å². The van der Waals surface area contributed by atoms with Crippen LogP contribution in [-0.4, -0.2) is 19.4 Å². The van der Waals surface area contributed by atoms with Gasteiger partial charge in [0.2, 0.25) is 0 Å². The second-order valence-electron chi connectivity index (χ2n) is 3.43. The number of carbonyl (C=O) groups is 1. The predicted molar refractivity (Wildman–Crippen MR) is 55.9 cm³/mol. The molecule has 0 aromatic heterocycles. The summed E-state index contributed by atoms with van der Waals surface area (Å²) in [5, 5.41) is 0. The van der Waals surface area contributed by atoms with E-state index in [2.05, 4.69) is 0 Å². The van der Waals surface area contributed by atoms with Gasteiger partial charge in [-0.15, -0.1) is 0 Å². The number of methoxy groups -OCH3 is 1. The van der Waals surface area contributed by atoms with Gasteiger partial charge in [0, 0.05) is 12.5 Å². The van der Waals surface area contributed by atoms with E-state index in [1.54, 1.807) is 0 Å². The Labute approximate surface area is 92.2 Å². The van der Waals surface area contributed by atoms with Gasteiger partial charge in [0.1, 0.15) is 5.75 Å². The molecule has 0 aliphatic heterocycles. The SMILES string of the molecule is COc1ccc(C(C)(F)F)cc1C(=O)CN. The Morgan fingerprint density at radius 1 is 1.50 bits per heavy atom. The Morgan fingerprint density at radius 2 is 2.12 bits per heavy atom. The molecule has 0 saturated carbocycles. The minimum atomic E-state index is -2.99. The van der Waals surface area contributed by atoms with Crippen molar-refractivity contribution in [2.24, 2.45) is 5.73 Å². The van der Waals surface area contributed by atoms with Crippen LogP contribution in [0.1, 0.15) is 22.8 Å². The molecule has 0 amide bonds. The van der Waals surface area contributed by atoms with Crippen molar-refractivity contribution in [1.29, 1.82) is 0 Å². The number of benzene rings is 1. The van der Waals surface area contributed by atoms with Crippen molar-refractivity contribution >= 4 is 5.78 Å². The topological polar surface area (TPSA) is 52.3 Å². The number of rotatable bonds is 4. The van der Waals surface area contributed by atoms with Crippen molar-refractivity contribution in [3.8, 4) is 5.75 Å². The van der Waals surface area contributed by atoms with Crippen molar-refractivity contribution in [2.45, 2.75) is 12.8 Å². The summed E-state index contributed by atoms with van der Waals surface area (Å²) in [4.78, 5) is 11.4. The molecule has 0 atom stereocenters. The first-order valence-corrected chi connectivity index (χ1v) is 4.69. The van der Waals surface area contributed by atoms with E-state index in [-0.39, 0.29) is 23.4 Å². The number of nitrogens with two attached hydrogens (primary N) is 1. The molecule has 0 unspecified atom stereocenters. The molecule has 88 valence electrons. The second kappa shape index (κ2) is 4.57. The maximum absolute atomic E-state index is 13.1. The van der Waals surface area contributed by atoms with Crippen molar-refractivity contribution in [3.63, 3.8) is 0 Å². The van der Waals surface area contributed by atoms with Gasteiger partial charge in [-0.3, -0.25) is 4.79 Å². The monoisotopic (exact) mass is 229 g/mol. The van der Waals surface area contributed by atoms with Crippen LogP contribution in [0.15, 0.2) is 18.2 Å². The third kappa shape index (κ3) is 2.55. The highest BCUT2D eigenvalue weighted by molar-refractivity contribution is 6.00. The first-order valence-electron chi connectivity index (χ1n) is 4.69. The zero-order valence-corrected chi connectivity index (χ0v) is 9.09. The lowest BCUT2D eigenvalue weighted by molar-refractivity contribution is 0.0174. The summed E-state index contributed by atoms with van der Waals surface area (Å²) in [5.74, 6) is -3.16. The van der Waals surface area contributed by atoms with Gasteiger partial charge in [0.25, 0.3) is 5.92 Å². The van der Waals surface area contributed by atoms with Crippen LogP contribution in [0.4, 0.5) is 8.78 Å². The summed E-state index contributed by atoms with van der Waals surface area (Å²) < 4.78 is 31.0. The molecule has 1 rings (SSSR count). The first-order chi connectivity index (χ1) is 7.40. The zero-order valence-electron chi connectivity index (χ0n) is 9.09. The fourth-order valence-corrected chi connectivity index (χ4v) is 1.31. The molecular weight excluding hydrogens is 216 g/mol. The second-order valence-corrected chi connectivity index (χ2v) is 3.43. The molecule has 5 heteroatoms. The van der Waals surface area contributed by atoms with Crippen LogP contribution in [0.25, 0.3) is 0 Å². The molecule has 0 heterocycles. The molecule has 1 aromatic rings. The summed E-state index contributed by atoms with van der Waals surface area (Å²) in [6.07, 6.45) is 0. The van der Waals surface area contributed by atoms with Gasteiger partial charge >= 0.3 is 0 Å². The third-order valence-corrected chi connectivity index (χ3v) is 2.19. The van der Waals surface area contributed by atoms with Gasteiger partial charge in [0.05, 0.1) is 19.2 Å². The quantitative estimate of drug-likeness (QED) is 0.803. The Morgan fingerprint density at radius 3 is 2.56 bits per heavy atom. The van der Waals surface area contributed by atoms with Gasteiger partial charge in [-0.2, -0.15) is 0 Å². The standard InChI is InChI=1S/C11H13F2NO2/c1-11(12,13)7-3-4-10(16-2)8(5-7)9(15)6-14/h3-5H,6,14H2,1-2H3. The largest absolute Gasteiger partial charge is 0.496 e. The smallest absolute Gasteiger partial charge is 0.270 e. The van der Waals surface area contributed by atoms with Crippen molar-refractivity contribution < 1.29 is 18.3 Å². The molecule has 3 nitrogen and oxygen atoms in total. The molecule has 0 saturated heterocycles. The third-order valence-electron chi connectivity index (χ3n) is 2.19. The molecule has 16 heavy (non-hydrogen) atoms. The number of halogens is 2. The van der Waals surface area contributed by atoms with Crippen LogP contribution in [-0.2, 0) is 5.92 Å². The number of Topliss-reactive ketones (excluding diaryl/α,β-unsaturated/α-hetero) is 1. The normalized spacial score (nSPS) is 11.3. The highest BCUT2D eigenvalue weighted by Crippen LogP contribution is 2.30. The number of hydrogen-bond acceptors (Lipinski definition) is 3. The molecule has 0 radical (unpaired) electrons. The number of alkyl halides is 2.